The lowest BCUT2D eigenvalue weighted by molar-refractivity contribution is -0.163. The number of piperazine rings is 1. The third-order valence-corrected chi connectivity index (χ3v) is 10.5. The molecular formula is C40H52N8O4. The summed E-state index contributed by atoms with van der Waals surface area (Å²) in [4.78, 5) is 28.8. The van der Waals surface area contributed by atoms with Crippen molar-refractivity contribution in [2.45, 2.75) is 78.0 Å². The molecule has 12 heteroatoms. The number of likely N-dealkylation sites (N-methyl/N-ethyl adjacent to an activating group) is 1. The number of amides is 1. The fourth-order valence-corrected chi connectivity index (χ4v) is 7.51. The van der Waals surface area contributed by atoms with Crippen molar-refractivity contribution in [1.29, 1.82) is 0 Å². The highest BCUT2D eigenvalue weighted by Gasteiger charge is 2.30. The molecule has 4 aromatic rings. The summed E-state index contributed by atoms with van der Waals surface area (Å²) >= 11 is 0. The van der Waals surface area contributed by atoms with Gasteiger partial charge >= 0.3 is 0 Å². The van der Waals surface area contributed by atoms with E-state index in [0.29, 0.717) is 37.8 Å². The van der Waals surface area contributed by atoms with Crippen molar-refractivity contribution >= 4 is 28.9 Å². The first-order chi connectivity index (χ1) is 25.4. The molecule has 12 nitrogen and oxygen atoms in total. The number of hydrogen-bond donors (Lipinski definition) is 2. The molecule has 1 aliphatic carbocycles. The maximum atomic E-state index is 14.2. The van der Waals surface area contributed by atoms with Gasteiger partial charge in [-0.25, -0.2) is 9.97 Å². The fourth-order valence-electron chi connectivity index (χ4n) is 7.51. The molecule has 2 saturated heterocycles. The molecule has 1 unspecified atom stereocenters. The van der Waals surface area contributed by atoms with Gasteiger partial charge in [0.15, 0.2) is 12.0 Å². The van der Waals surface area contributed by atoms with Crippen LogP contribution in [0.1, 0.15) is 72.3 Å². The Morgan fingerprint density at radius 1 is 1.02 bits per heavy atom. The van der Waals surface area contributed by atoms with Crippen LogP contribution in [-0.4, -0.2) is 90.4 Å². The van der Waals surface area contributed by atoms with E-state index in [1.54, 1.807) is 7.11 Å². The number of carbonyl (C=O) groups excluding carboxylic acids is 1. The number of anilines is 4. The average molecular weight is 709 g/mol. The van der Waals surface area contributed by atoms with Gasteiger partial charge in [0.1, 0.15) is 5.75 Å². The number of aryl methyl sites for hydroxylation is 3. The standard InChI is InChI=1S/C40H52N8O4/c1-5-27-11-9-12-28(6-2)35(27)43-39(49)37-31-14-10-13-29-26-41-40(42-32-17-16-30(25-33(32)50-4)47-20-18-46(3)19-21-47)44-36(29)38(31)48(45-37)22-24-52-34-15-7-8-23-51-34/h9,11-12,16-17,25-26,34H,5-8,10,13-15,18-24H2,1-4H3,(H,43,49)(H,41,42,44). The highest BCUT2D eigenvalue weighted by atomic mass is 16.7. The number of benzene rings is 2. The van der Waals surface area contributed by atoms with Crippen LogP contribution in [0.15, 0.2) is 42.6 Å². The molecule has 2 aliphatic heterocycles. The zero-order valence-electron chi connectivity index (χ0n) is 31.0. The minimum atomic E-state index is -0.216. The van der Waals surface area contributed by atoms with Gasteiger partial charge in [0.2, 0.25) is 5.95 Å². The summed E-state index contributed by atoms with van der Waals surface area (Å²) in [6.45, 7) is 9.80. The number of ether oxygens (including phenoxy) is 3. The van der Waals surface area contributed by atoms with Crippen LogP contribution in [0.4, 0.5) is 23.0 Å². The quantitative estimate of drug-likeness (QED) is 0.175. The van der Waals surface area contributed by atoms with Crippen LogP contribution in [0.3, 0.4) is 0 Å². The van der Waals surface area contributed by atoms with Crippen LogP contribution in [-0.2, 0) is 41.7 Å². The number of aromatic nitrogens is 4. The molecule has 0 radical (unpaired) electrons. The van der Waals surface area contributed by atoms with E-state index < -0.39 is 0 Å². The minimum Gasteiger partial charge on any atom is -0.494 e. The molecule has 1 amide bonds. The third-order valence-electron chi connectivity index (χ3n) is 10.5. The maximum absolute atomic E-state index is 14.2. The fraction of sp³-hybridized carbons (Fsp3) is 0.500. The van der Waals surface area contributed by atoms with Gasteiger partial charge in [0.05, 0.1) is 37.3 Å². The summed E-state index contributed by atoms with van der Waals surface area (Å²) in [6, 6.07) is 12.4. The van der Waals surface area contributed by atoms with E-state index in [1.807, 2.05) is 16.9 Å². The van der Waals surface area contributed by atoms with Gasteiger partial charge in [0.25, 0.3) is 5.91 Å². The van der Waals surface area contributed by atoms with Gasteiger partial charge in [-0.3, -0.25) is 9.48 Å². The lowest BCUT2D eigenvalue weighted by Crippen LogP contribution is -2.44. The van der Waals surface area contributed by atoms with Crippen molar-refractivity contribution in [1.82, 2.24) is 24.6 Å². The molecule has 3 aliphatic rings. The second kappa shape index (κ2) is 16.4. The minimum absolute atomic E-state index is 0.205. The second-order valence-electron chi connectivity index (χ2n) is 13.9. The lowest BCUT2D eigenvalue weighted by Gasteiger charge is -2.34. The summed E-state index contributed by atoms with van der Waals surface area (Å²) in [6.07, 6.45) is 8.69. The number of para-hydroxylation sites is 1. The van der Waals surface area contributed by atoms with E-state index in [1.165, 1.54) is 0 Å². The Morgan fingerprint density at radius 2 is 1.83 bits per heavy atom. The van der Waals surface area contributed by atoms with Crippen LogP contribution in [0.25, 0.3) is 11.4 Å². The van der Waals surface area contributed by atoms with Crippen molar-refractivity contribution in [2.24, 2.45) is 0 Å². The van der Waals surface area contributed by atoms with Crippen molar-refractivity contribution in [3.8, 4) is 17.1 Å². The first-order valence-corrected chi connectivity index (χ1v) is 19.0. The first-order valence-electron chi connectivity index (χ1n) is 19.0. The number of hydrogen-bond acceptors (Lipinski definition) is 10. The Morgan fingerprint density at radius 3 is 2.56 bits per heavy atom. The van der Waals surface area contributed by atoms with Gasteiger partial charge < -0.3 is 34.6 Å². The van der Waals surface area contributed by atoms with Gasteiger partial charge in [-0.1, -0.05) is 32.0 Å². The Bertz CT molecular complexity index is 1840. The largest absolute Gasteiger partial charge is 0.494 e. The Balaban J connectivity index is 1.22. The van der Waals surface area contributed by atoms with Gasteiger partial charge in [-0.05, 0) is 87.2 Å². The van der Waals surface area contributed by atoms with Crippen LogP contribution in [0, 0.1) is 0 Å². The molecule has 276 valence electrons. The molecular weight excluding hydrogens is 656 g/mol. The molecule has 2 fully saturated rings. The van der Waals surface area contributed by atoms with E-state index in [4.69, 9.17) is 29.3 Å². The predicted octanol–water partition coefficient (Wildman–Crippen LogP) is 6.25. The van der Waals surface area contributed by atoms with Crippen molar-refractivity contribution in [3.63, 3.8) is 0 Å². The van der Waals surface area contributed by atoms with E-state index in [9.17, 15) is 4.79 Å². The Labute approximate surface area is 306 Å². The van der Waals surface area contributed by atoms with Gasteiger partial charge in [0, 0.05) is 62.0 Å². The Kier molecular flexibility index (Phi) is 11.3. The number of nitrogens with zero attached hydrogens (tertiary/aromatic N) is 6. The molecule has 2 N–H and O–H groups in total. The van der Waals surface area contributed by atoms with Crippen molar-refractivity contribution in [2.75, 3.05) is 69.1 Å². The first kappa shape index (κ1) is 35.9. The van der Waals surface area contributed by atoms with Crippen LogP contribution in [0.2, 0.25) is 0 Å². The number of nitrogens with one attached hydrogen (secondary N) is 2. The van der Waals surface area contributed by atoms with Crippen molar-refractivity contribution < 1.29 is 19.0 Å². The molecule has 1 atom stereocenters. The number of rotatable bonds is 12. The maximum Gasteiger partial charge on any atom is 0.276 e. The van der Waals surface area contributed by atoms with Crippen LogP contribution >= 0.6 is 0 Å². The molecule has 2 aromatic heterocycles. The van der Waals surface area contributed by atoms with Crippen LogP contribution < -0.4 is 20.3 Å². The number of fused-ring (bicyclic) bond motifs is 3. The molecule has 0 saturated carbocycles. The predicted molar refractivity (Wildman–Crippen MR) is 204 cm³/mol. The molecule has 0 bridgehead atoms. The summed E-state index contributed by atoms with van der Waals surface area (Å²) in [7, 11) is 3.85. The monoisotopic (exact) mass is 708 g/mol. The second-order valence-corrected chi connectivity index (χ2v) is 13.9. The SMILES string of the molecule is CCc1cccc(CC)c1NC(=O)c1nn(CCOC2CCCCO2)c2c1CCCc1cnc(Nc3ccc(N4CCN(C)CC4)cc3OC)nc1-2. The lowest BCUT2D eigenvalue weighted by atomic mass is 10.0. The third kappa shape index (κ3) is 7.79. The van der Waals surface area contributed by atoms with E-state index >= 15 is 0 Å². The topological polar surface area (TPSA) is 119 Å². The number of carbonyl (C=O) groups is 1. The highest BCUT2D eigenvalue weighted by Crippen LogP contribution is 2.36. The van der Waals surface area contributed by atoms with Crippen molar-refractivity contribution in [3.05, 3.63) is 70.5 Å². The van der Waals surface area contributed by atoms with E-state index in [2.05, 4.69) is 71.7 Å². The summed E-state index contributed by atoms with van der Waals surface area (Å²) in [5.74, 6) is 0.969. The van der Waals surface area contributed by atoms with Gasteiger partial charge in [-0.15, -0.1) is 0 Å². The van der Waals surface area contributed by atoms with Gasteiger partial charge in [-0.2, -0.15) is 5.10 Å². The molecule has 7 rings (SSSR count). The van der Waals surface area contributed by atoms with Crippen LogP contribution in [0.5, 0.6) is 5.75 Å². The summed E-state index contributed by atoms with van der Waals surface area (Å²) in [5, 5.41) is 11.7. The van der Waals surface area contributed by atoms with E-state index in [-0.39, 0.29) is 12.2 Å². The summed E-state index contributed by atoms with van der Waals surface area (Å²) < 4.78 is 19.8. The smallest absolute Gasteiger partial charge is 0.276 e. The summed E-state index contributed by atoms with van der Waals surface area (Å²) in [5.41, 5.74) is 8.99. The highest BCUT2D eigenvalue weighted by molar-refractivity contribution is 6.05. The normalized spacial score (nSPS) is 17.6. The molecule has 4 heterocycles. The van der Waals surface area contributed by atoms with E-state index in [0.717, 1.165) is 128 Å². The Hall–Kier alpha value is -4.52. The molecule has 52 heavy (non-hydrogen) atoms. The zero-order valence-corrected chi connectivity index (χ0v) is 31.0. The molecule has 2 aromatic carbocycles. The number of methoxy groups -OCH3 is 1. The zero-order chi connectivity index (χ0) is 36.0. The molecule has 0 spiro atoms. The average Bonchev–Trinajstić information content (AvgIpc) is 3.43.